The first-order valence-corrected chi connectivity index (χ1v) is 6.83. The van der Waals surface area contributed by atoms with E-state index in [1.165, 1.54) is 11.0 Å². The van der Waals surface area contributed by atoms with E-state index >= 15 is 0 Å². The molecular formula is C11H16N2O3S. The smallest absolute Gasteiger partial charge is 0.253 e. The Morgan fingerprint density at radius 2 is 2.00 bits per heavy atom. The maximum Gasteiger partial charge on any atom is 0.253 e. The van der Waals surface area contributed by atoms with Gasteiger partial charge in [-0.3, -0.25) is 9.52 Å². The summed E-state index contributed by atoms with van der Waals surface area (Å²) in [5, 5.41) is 0. The van der Waals surface area contributed by atoms with Crippen molar-refractivity contribution in [3.05, 3.63) is 29.8 Å². The molecule has 0 spiro atoms. The lowest BCUT2D eigenvalue weighted by molar-refractivity contribution is 0.0827. The summed E-state index contributed by atoms with van der Waals surface area (Å²) in [6.45, 7) is 1.55. The maximum absolute atomic E-state index is 11.7. The fourth-order valence-corrected chi connectivity index (χ4v) is 1.86. The van der Waals surface area contributed by atoms with Crippen LogP contribution in [0.3, 0.4) is 0 Å². The van der Waals surface area contributed by atoms with Crippen molar-refractivity contribution in [1.29, 1.82) is 0 Å². The molecule has 0 aliphatic carbocycles. The zero-order chi connectivity index (χ0) is 13.1. The number of nitrogens with zero attached hydrogens (tertiary/aromatic N) is 1. The number of hydrogen-bond donors (Lipinski definition) is 1. The van der Waals surface area contributed by atoms with Gasteiger partial charge in [0.05, 0.1) is 5.75 Å². The van der Waals surface area contributed by atoms with Gasteiger partial charge in [-0.2, -0.15) is 0 Å². The molecule has 0 bridgehead atoms. The van der Waals surface area contributed by atoms with Crippen LogP contribution in [-0.2, 0) is 10.0 Å². The van der Waals surface area contributed by atoms with Crippen LogP contribution in [0.5, 0.6) is 0 Å². The average Bonchev–Trinajstić information content (AvgIpc) is 2.27. The highest BCUT2D eigenvalue weighted by molar-refractivity contribution is 7.92. The van der Waals surface area contributed by atoms with E-state index in [0.717, 1.165) is 0 Å². The largest absolute Gasteiger partial charge is 0.345 e. The fourth-order valence-electron chi connectivity index (χ4n) is 1.23. The van der Waals surface area contributed by atoms with Crippen LogP contribution in [0.1, 0.15) is 17.3 Å². The van der Waals surface area contributed by atoms with Crippen LogP contribution in [0.25, 0.3) is 0 Å². The predicted molar refractivity (Wildman–Crippen MR) is 67.5 cm³/mol. The molecular weight excluding hydrogens is 240 g/mol. The van der Waals surface area contributed by atoms with Gasteiger partial charge in [0, 0.05) is 25.3 Å². The first-order chi connectivity index (χ1) is 7.85. The molecule has 0 saturated heterocycles. The summed E-state index contributed by atoms with van der Waals surface area (Å²) in [5.41, 5.74) is 0.853. The van der Waals surface area contributed by atoms with E-state index in [0.29, 0.717) is 11.3 Å². The van der Waals surface area contributed by atoms with Crippen LogP contribution in [0.15, 0.2) is 24.3 Å². The quantitative estimate of drug-likeness (QED) is 0.878. The van der Waals surface area contributed by atoms with E-state index in [1.807, 2.05) is 0 Å². The summed E-state index contributed by atoms with van der Waals surface area (Å²) in [6.07, 6.45) is 0. The zero-order valence-corrected chi connectivity index (χ0v) is 10.9. The van der Waals surface area contributed by atoms with Gasteiger partial charge in [0.15, 0.2) is 0 Å². The minimum atomic E-state index is -3.31. The molecule has 94 valence electrons. The van der Waals surface area contributed by atoms with Crippen LogP contribution >= 0.6 is 0 Å². The Kier molecular flexibility index (Phi) is 4.11. The fraction of sp³-hybridized carbons (Fsp3) is 0.364. The minimum absolute atomic E-state index is 0.00114. The van der Waals surface area contributed by atoms with Gasteiger partial charge in [-0.1, -0.05) is 6.07 Å². The number of carbonyl (C=O) groups excluding carboxylic acids is 1. The first kappa shape index (κ1) is 13.5. The second-order valence-corrected chi connectivity index (χ2v) is 5.80. The third-order valence-electron chi connectivity index (χ3n) is 2.17. The van der Waals surface area contributed by atoms with Gasteiger partial charge in [-0.25, -0.2) is 8.42 Å². The molecule has 1 N–H and O–H groups in total. The number of nitrogens with one attached hydrogen (secondary N) is 1. The zero-order valence-electron chi connectivity index (χ0n) is 10.1. The number of anilines is 1. The molecule has 0 fully saturated rings. The highest BCUT2D eigenvalue weighted by atomic mass is 32.2. The molecule has 5 nitrogen and oxygen atoms in total. The SMILES string of the molecule is CCS(=O)(=O)Nc1cccc(C(=O)N(C)C)c1. The second-order valence-electron chi connectivity index (χ2n) is 3.79. The summed E-state index contributed by atoms with van der Waals surface area (Å²) in [5.74, 6) is -0.165. The number of benzene rings is 1. The molecule has 0 atom stereocenters. The third kappa shape index (κ3) is 3.74. The number of amides is 1. The van der Waals surface area contributed by atoms with Crippen LogP contribution in [-0.4, -0.2) is 39.1 Å². The Bertz CT molecular complexity index is 509. The molecule has 0 unspecified atom stereocenters. The molecule has 6 heteroatoms. The van der Waals surface area contributed by atoms with Crippen molar-refractivity contribution < 1.29 is 13.2 Å². The van der Waals surface area contributed by atoms with Crippen molar-refractivity contribution >= 4 is 21.6 Å². The Balaban J connectivity index is 2.98. The molecule has 0 aliphatic rings. The van der Waals surface area contributed by atoms with E-state index in [2.05, 4.69) is 4.72 Å². The summed E-state index contributed by atoms with van der Waals surface area (Å²) >= 11 is 0. The number of hydrogen-bond acceptors (Lipinski definition) is 3. The van der Waals surface area contributed by atoms with Gasteiger partial charge in [0.2, 0.25) is 10.0 Å². The maximum atomic E-state index is 11.7. The molecule has 0 aromatic heterocycles. The molecule has 17 heavy (non-hydrogen) atoms. The lowest BCUT2D eigenvalue weighted by Crippen LogP contribution is -2.22. The molecule has 1 rings (SSSR count). The first-order valence-electron chi connectivity index (χ1n) is 5.18. The second kappa shape index (κ2) is 5.18. The lowest BCUT2D eigenvalue weighted by atomic mass is 10.2. The van der Waals surface area contributed by atoms with Crippen LogP contribution in [0.4, 0.5) is 5.69 Å². The Labute approximate surface area is 101 Å². The van der Waals surface area contributed by atoms with E-state index in [4.69, 9.17) is 0 Å². The summed E-state index contributed by atoms with van der Waals surface area (Å²) in [6, 6.07) is 6.42. The van der Waals surface area contributed by atoms with E-state index in [1.54, 1.807) is 39.2 Å². The highest BCUT2D eigenvalue weighted by Crippen LogP contribution is 2.13. The monoisotopic (exact) mass is 256 g/mol. The van der Waals surface area contributed by atoms with Gasteiger partial charge in [0.1, 0.15) is 0 Å². The standard InChI is InChI=1S/C11H16N2O3S/c1-4-17(15,16)12-10-7-5-6-9(8-10)11(14)13(2)3/h5-8,12H,4H2,1-3H3. The van der Waals surface area contributed by atoms with Gasteiger partial charge in [0.25, 0.3) is 5.91 Å². The minimum Gasteiger partial charge on any atom is -0.345 e. The van der Waals surface area contributed by atoms with Crippen molar-refractivity contribution in [2.45, 2.75) is 6.92 Å². The molecule has 0 radical (unpaired) electrons. The summed E-state index contributed by atoms with van der Waals surface area (Å²) < 4.78 is 25.2. The Morgan fingerprint density at radius 1 is 1.35 bits per heavy atom. The van der Waals surface area contributed by atoms with Crippen LogP contribution < -0.4 is 4.72 Å². The molecule has 0 saturated carbocycles. The van der Waals surface area contributed by atoms with Gasteiger partial charge in [-0.05, 0) is 25.1 Å². The Hall–Kier alpha value is -1.56. The number of sulfonamides is 1. The highest BCUT2D eigenvalue weighted by Gasteiger charge is 2.11. The predicted octanol–water partition coefficient (Wildman–Crippen LogP) is 1.15. The van der Waals surface area contributed by atoms with Crippen molar-refractivity contribution in [3.63, 3.8) is 0 Å². The Morgan fingerprint density at radius 3 is 2.53 bits per heavy atom. The molecule has 1 amide bonds. The van der Waals surface area contributed by atoms with Crippen molar-refractivity contribution in [3.8, 4) is 0 Å². The van der Waals surface area contributed by atoms with E-state index in [9.17, 15) is 13.2 Å². The lowest BCUT2D eigenvalue weighted by Gasteiger charge is -2.11. The van der Waals surface area contributed by atoms with Gasteiger partial charge >= 0.3 is 0 Å². The average molecular weight is 256 g/mol. The van der Waals surface area contributed by atoms with Crippen molar-refractivity contribution in [2.75, 3.05) is 24.6 Å². The van der Waals surface area contributed by atoms with Gasteiger partial charge in [-0.15, -0.1) is 0 Å². The topological polar surface area (TPSA) is 66.5 Å². The molecule has 1 aromatic carbocycles. The van der Waals surface area contributed by atoms with Crippen molar-refractivity contribution in [1.82, 2.24) is 4.90 Å². The van der Waals surface area contributed by atoms with E-state index in [-0.39, 0.29) is 11.7 Å². The normalized spacial score (nSPS) is 11.0. The van der Waals surface area contributed by atoms with Crippen molar-refractivity contribution in [2.24, 2.45) is 0 Å². The summed E-state index contributed by atoms with van der Waals surface area (Å²) in [4.78, 5) is 13.1. The van der Waals surface area contributed by atoms with Crippen LogP contribution in [0.2, 0.25) is 0 Å². The third-order valence-corrected chi connectivity index (χ3v) is 3.48. The summed E-state index contributed by atoms with van der Waals surface area (Å²) in [7, 11) is -0.0220. The number of carbonyl (C=O) groups is 1. The van der Waals surface area contributed by atoms with Gasteiger partial charge < -0.3 is 4.90 Å². The van der Waals surface area contributed by atoms with E-state index < -0.39 is 10.0 Å². The molecule has 0 heterocycles. The molecule has 0 aliphatic heterocycles. The molecule has 1 aromatic rings. The number of rotatable bonds is 4. The van der Waals surface area contributed by atoms with Crippen LogP contribution in [0, 0.1) is 0 Å².